The summed E-state index contributed by atoms with van der Waals surface area (Å²) >= 11 is 0. The Kier molecular flexibility index (Phi) is 8.89. The topological polar surface area (TPSA) is 49.8 Å². The number of aryl methyl sites for hydroxylation is 2. The van der Waals surface area contributed by atoms with Crippen LogP contribution in [0, 0.1) is 13.8 Å². The molecule has 0 bridgehead atoms. The maximum Gasteiger partial charge on any atom is 0.307 e. The van der Waals surface area contributed by atoms with Gasteiger partial charge in [0.15, 0.2) is 0 Å². The van der Waals surface area contributed by atoms with Crippen molar-refractivity contribution in [2.75, 3.05) is 26.2 Å². The summed E-state index contributed by atoms with van der Waals surface area (Å²) < 4.78 is 4.98. The molecule has 1 rings (SSSR count). The second kappa shape index (κ2) is 10.4. The van der Waals surface area contributed by atoms with E-state index < -0.39 is 6.10 Å². The number of esters is 1. The second-order valence-electron chi connectivity index (χ2n) is 6.06. The van der Waals surface area contributed by atoms with E-state index in [1.165, 1.54) is 5.56 Å². The molecule has 0 amide bonds. The van der Waals surface area contributed by atoms with Crippen molar-refractivity contribution in [1.82, 2.24) is 4.90 Å². The number of benzene rings is 1. The predicted molar refractivity (Wildman–Crippen MR) is 93.5 cm³/mol. The third-order valence-electron chi connectivity index (χ3n) is 3.98. The van der Waals surface area contributed by atoms with Gasteiger partial charge in [-0.1, -0.05) is 30.7 Å². The van der Waals surface area contributed by atoms with Crippen LogP contribution in [0.1, 0.15) is 55.9 Å². The van der Waals surface area contributed by atoms with Crippen LogP contribution >= 0.6 is 0 Å². The zero-order valence-electron chi connectivity index (χ0n) is 15.0. The van der Waals surface area contributed by atoms with Crippen LogP contribution in [0.25, 0.3) is 0 Å². The number of carbonyl (C=O) groups is 1. The number of ether oxygens (including phenoxy) is 1. The van der Waals surface area contributed by atoms with E-state index in [0.29, 0.717) is 26.0 Å². The summed E-state index contributed by atoms with van der Waals surface area (Å²) in [5, 5.41) is 10.5. The van der Waals surface area contributed by atoms with Crippen molar-refractivity contribution in [3.8, 4) is 0 Å². The highest BCUT2D eigenvalue weighted by molar-refractivity contribution is 5.69. The molecule has 1 unspecified atom stereocenters. The first-order valence-corrected chi connectivity index (χ1v) is 8.61. The summed E-state index contributed by atoms with van der Waals surface area (Å²) in [5.41, 5.74) is 3.34. The lowest BCUT2D eigenvalue weighted by Gasteiger charge is -2.23. The smallest absolute Gasteiger partial charge is 0.307 e. The van der Waals surface area contributed by atoms with Crippen LogP contribution in [-0.4, -0.2) is 42.2 Å². The first kappa shape index (κ1) is 19.7. The van der Waals surface area contributed by atoms with Crippen molar-refractivity contribution >= 4 is 5.97 Å². The van der Waals surface area contributed by atoms with Gasteiger partial charge in [0, 0.05) is 13.1 Å². The maximum atomic E-state index is 11.5. The van der Waals surface area contributed by atoms with Crippen molar-refractivity contribution in [1.29, 1.82) is 0 Å². The fourth-order valence-electron chi connectivity index (χ4n) is 2.79. The van der Waals surface area contributed by atoms with Gasteiger partial charge in [-0.05, 0) is 51.3 Å². The van der Waals surface area contributed by atoms with Gasteiger partial charge in [0.05, 0.1) is 19.1 Å². The fourth-order valence-corrected chi connectivity index (χ4v) is 2.79. The second-order valence-corrected chi connectivity index (χ2v) is 6.06. The quantitative estimate of drug-likeness (QED) is 0.671. The molecule has 4 heteroatoms. The number of aliphatic hydroxyl groups is 1. The molecule has 0 aliphatic heterocycles. The van der Waals surface area contributed by atoms with Crippen LogP contribution in [0.15, 0.2) is 18.2 Å². The Hall–Kier alpha value is -1.39. The Morgan fingerprint density at radius 3 is 2.57 bits per heavy atom. The van der Waals surface area contributed by atoms with Crippen LogP contribution in [0.2, 0.25) is 0 Å². The zero-order valence-corrected chi connectivity index (χ0v) is 15.0. The zero-order chi connectivity index (χ0) is 17.2. The summed E-state index contributed by atoms with van der Waals surface area (Å²) in [4.78, 5) is 13.7. The summed E-state index contributed by atoms with van der Waals surface area (Å²) in [6.45, 7) is 10.9. The molecule has 1 aromatic carbocycles. The first-order chi connectivity index (χ1) is 11.0. The van der Waals surface area contributed by atoms with E-state index in [2.05, 4.69) is 24.8 Å². The molecule has 0 heterocycles. The van der Waals surface area contributed by atoms with Crippen molar-refractivity contribution in [2.24, 2.45) is 0 Å². The lowest BCUT2D eigenvalue weighted by Crippen LogP contribution is -2.29. The van der Waals surface area contributed by atoms with Crippen LogP contribution in [-0.2, 0) is 9.53 Å². The van der Waals surface area contributed by atoms with Gasteiger partial charge < -0.3 is 14.7 Å². The molecule has 0 spiro atoms. The van der Waals surface area contributed by atoms with Crippen molar-refractivity contribution < 1.29 is 14.6 Å². The number of hydrogen-bond acceptors (Lipinski definition) is 4. The van der Waals surface area contributed by atoms with E-state index in [4.69, 9.17) is 4.74 Å². The van der Waals surface area contributed by atoms with E-state index in [-0.39, 0.29) is 5.97 Å². The first-order valence-electron chi connectivity index (χ1n) is 8.61. The van der Waals surface area contributed by atoms with Gasteiger partial charge in [0.25, 0.3) is 0 Å². The van der Waals surface area contributed by atoms with Gasteiger partial charge in [0.1, 0.15) is 0 Å². The highest BCUT2D eigenvalue weighted by Gasteiger charge is 2.14. The highest BCUT2D eigenvalue weighted by atomic mass is 16.5. The Balaban J connectivity index is 2.51. The number of nitrogens with zero attached hydrogens (tertiary/aromatic N) is 1. The monoisotopic (exact) mass is 321 g/mol. The van der Waals surface area contributed by atoms with E-state index >= 15 is 0 Å². The van der Waals surface area contributed by atoms with Crippen LogP contribution in [0.3, 0.4) is 0 Å². The van der Waals surface area contributed by atoms with E-state index in [0.717, 1.165) is 30.6 Å². The van der Waals surface area contributed by atoms with Gasteiger partial charge in [-0.25, -0.2) is 0 Å². The van der Waals surface area contributed by atoms with E-state index in [1.807, 2.05) is 26.0 Å². The molecule has 0 saturated carbocycles. The average molecular weight is 321 g/mol. The minimum Gasteiger partial charge on any atom is -0.466 e. The van der Waals surface area contributed by atoms with Gasteiger partial charge in [-0.2, -0.15) is 0 Å². The molecular weight excluding hydrogens is 290 g/mol. The van der Waals surface area contributed by atoms with Gasteiger partial charge in [0.2, 0.25) is 0 Å². The van der Waals surface area contributed by atoms with Crippen LogP contribution < -0.4 is 0 Å². The van der Waals surface area contributed by atoms with Crippen molar-refractivity contribution in [3.63, 3.8) is 0 Å². The minimum absolute atomic E-state index is 0.150. The molecule has 0 saturated heterocycles. The van der Waals surface area contributed by atoms with E-state index in [1.54, 1.807) is 0 Å². The maximum absolute atomic E-state index is 11.5. The predicted octanol–water partition coefficient (Wildman–Crippen LogP) is 3.39. The molecule has 0 fully saturated rings. The summed E-state index contributed by atoms with van der Waals surface area (Å²) in [7, 11) is 0. The SMILES string of the molecule is CCCN(CCC(=O)OCC)CCC(O)c1ccc(C)cc1C. The molecule has 23 heavy (non-hydrogen) atoms. The number of hydrogen-bond donors (Lipinski definition) is 1. The number of rotatable bonds is 10. The average Bonchev–Trinajstić information content (AvgIpc) is 2.50. The summed E-state index contributed by atoms with van der Waals surface area (Å²) in [5.74, 6) is -0.150. The molecule has 130 valence electrons. The third-order valence-corrected chi connectivity index (χ3v) is 3.98. The number of carbonyl (C=O) groups excluding carboxylic acids is 1. The molecule has 0 aliphatic carbocycles. The molecule has 1 N–H and O–H groups in total. The van der Waals surface area contributed by atoms with Gasteiger partial charge in [-0.3, -0.25) is 4.79 Å². The lowest BCUT2D eigenvalue weighted by atomic mass is 9.99. The standard InChI is InChI=1S/C19H31NO3/c1-5-11-20(13-10-19(22)23-6-2)12-9-18(21)17-8-7-15(3)14-16(17)4/h7-8,14,18,21H,5-6,9-13H2,1-4H3. The van der Waals surface area contributed by atoms with Crippen molar-refractivity contribution in [3.05, 3.63) is 34.9 Å². The molecule has 0 aromatic heterocycles. The molecule has 1 atom stereocenters. The minimum atomic E-state index is -0.461. The van der Waals surface area contributed by atoms with Crippen LogP contribution in [0.4, 0.5) is 0 Å². The Morgan fingerprint density at radius 2 is 1.96 bits per heavy atom. The molecule has 0 aliphatic rings. The molecule has 4 nitrogen and oxygen atoms in total. The normalized spacial score (nSPS) is 12.4. The molecule has 1 aromatic rings. The third kappa shape index (κ3) is 7.14. The lowest BCUT2D eigenvalue weighted by molar-refractivity contribution is -0.143. The van der Waals surface area contributed by atoms with E-state index in [9.17, 15) is 9.90 Å². The number of aliphatic hydroxyl groups excluding tert-OH is 1. The van der Waals surface area contributed by atoms with Crippen molar-refractivity contribution in [2.45, 2.75) is 53.1 Å². The highest BCUT2D eigenvalue weighted by Crippen LogP contribution is 2.22. The Morgan fingerprint density at radius 1 is 1.22 bits per heavy atom. The Labute approximate surface area is 140 Å². The molecule has 0 radical (unpaired) electrons. The van der Waals surface area contributed by atoms with Crippen LogP contribution in [0.5, 0.6) is 0 Å². The van der Waals surface area contributed by atoms with Gasteiger partial charge in [-0.15, -0.1) is 0 Å². The fraction of sp³-hybridized carbons (Fsp3) is 0.632. The Bertz CT molecular complexity index is 488. The molecular formula is C19H31NO3. The largest absolute Gasteiger partial charge is 0.466 e. The van der Waals surface area contributed by atoms with Gasteiger partial charge >= 0.3 is 5.97 Å². The summed E-state index contributed by atoms with van der Waals surface area (Å²) in [6, 6.07) is 6.15. The summed E-state index contributed by atoms with van der Waals surface area (Å²) in [6.07, 6.45) is 1.65.